The summed E-state index contributed by atoms with van der Waals surface area (Å²) in [6.45, 7) is 1.95. The number of aromatic amines is 1. The van der Waals surface area contributed by atoms with Gasteiger partial charge in [-0.25, -0.2) is 4.79 Å². The third kappa shape index (κ3) is 1.28. The first kappa shape index (κ1) is 8.77. The number of carboxylic acids is 1. The topological polar surface area (TPSA) is 53.1 Å². The molecule has 2 heterocycles. The summed E-state index contributed by atoms with van der Waals surface area (Å²) in [5.41, 5.74) is 2.22. The molecule has 0 saturated heterocycles. The van der Waals surface area contributed by atoms with Crippen LogP contribution >= 0.6 is 27.3 Å². The molecule has 0 aliphatic carbocycles. The van der Waals surface area contributed by atoms with Gasteiger partial charge in [-0.1, -0.05) is 0 Å². The van der Waals surface area contributed by atoms with Crippen molar-refractivity contribution in [3.63, 3.8) is 0 Å². The quantitative estimate of drug-likeness (QED) is 0.828. The number of carboxylic acid groups (broad SMARTS) is 1. The Bertz CT molecular complexity index is 486. The monoisotopic (exact) mass is 259 g/mol. The van der Waals surface area contributed by atoms with Gasteiger partial charge in [-0.15, -0.1) is 11.3 Å². The maximum Gasteiger partial charge on any atom is 0.352 e. The molecular formula is C8H6BrNO2S. The molecule has 0 bridgehead atoms. The Morgan fingerprint density at radius 1 is 1.69 bits per heavy atom. The summed E-state index contributed by atoms with van der Waals surface area (Å²) in [4.78, 5) is 13.5. The van der Waals surface area contributed by atoms with E-state index in [-0.39, 0.29) is 5.69 Å². The van der Waals surface area contributed by atoms with Gasteiger partial charge < -0.3 is 10.1 Å². The molecule has 0 unspecified atom stereocenters. The lowest BCUT2D eigenvalue weighted by Crippen LogP contribution is -1.95. The molecule has 5 heteroatoms. The van der Waals surface area contributed by atoms with E-state index in [1.54, 1.807) is 6.07 Å². The minimum atomic E-state index is -0.918. The minimum absolute atomic E-state index is 0.247. The molecule has 68 valence electrons. The van der Waals surface area contributed by atoms with Crippen molar-refractivity contribution in [1.29, 1.82) is 0 Å². The van der Waals surface area contributed by atoms with Gasteiger partial charge in [0.2, 0.25) is 0 Å². The Labute approximate surface area is 86.5 Å². The van der Waals surface area contributed by atoms with E-state index in [9.17, 15) is 4.79 Å². The molecule has 0 spiro atoms. The Morgan fingerprint density at radius 3 is 2.92 bits per heavy atom. The van der Waals surface area contributed by atoms with Crippen molar-refractivity contribution >= 4 is 43.5 Å². The molecule has 0 amide bonds. The summed E-state index contributed by atoms with van der Waals surface area (Å²) in [6.07, 6.45) is 0. The van der Waals surface area contributed by atoms with E-state index in [4.69, 9.17) is 5.11 Å². The highest BCUT2D eigenvalue weighted by molar-refractivity contribution is 9.11. The third-order valence-electron chi connectivity index (χ3n) is 1.88. The fourth-order valence-electron chi connectivity index (χ4n) is 1.18. The molecule has 0 saturated carbocycles. The van der Waals surface area contributed by atoms with Gasteiger partial charge in [0.05, 0.1) is 14.0 Å². The normalized spacial score (nSPS) is 10.9. The summed E-state index contributed by atoms with van der Waals surface area (Å²) in [6, 6.07) is 1.65. The van der Waals surface area contributed by atoms with Crippen LogP contribution in [0, 0.1) is 6.92 Å². The van der Waals surface area contributed by atoms with E-state index < -0.39 is 5.97 Å². The first-order chi connectivity index (χ1) is 6.09. The SMILES string of the molecule is Cc1c(Br)sc2cc(C(=O)O)[nH]c12. The molecule has 2 aromatic rings. The number of carbonyl (C=O) groups is 1. The third-order valence-corrected chi connectivity index (χ3v) is 3.99. The molecule has 0 aromatic carbocycles. The molecule has 0 aliphatic rings. The van der Waals surface area contributed by atoms with Crippen molar-refractivity contribution in [3.05, 3.63) is 21.1 Å². The lowest BCUT2D eigenvalue weighted by atomic mass is 10.3. The second-order valence-corrected chi connectivity index (χ2v) is 5.10. The zero-order valence-electron chi connectivity index (χ0n) is 6.72. The summed E-state index contributed by atoms with van der Waals surface area (Å²) in [5, 5.41) is 8.73. The second kappa shape index (κ2) is 2.85. The molecule has 0 radical (unpaired) electrons. The van der Waals surface area contributed by atoms with E-state index in [2.05, 4.69) is 20.9 Å². The van der Waals surface area contributed by atoms with Crippen LogP contribution in [0.2, 0.25) is 0 Å². The van der Waals surface area contributed by atoms with E-state index in [1.165, 1.54) is 11.3 Å². The van der Waals surface area contributed by atoms with E-state index in [1.807, 2.05) is 6.92 Å². The van der Waals surface area contributed by atoms with Gasteiger partial charge in [-0.3, -0.25) is 0 Å². The Kier molecular flexibility index (Phi) is 1.92. The minimum Gasteiger partial charge on any atom is -0.477 e. The summed E-state index contributed by atoms with van der Waals surface area (Å²) in [5.74, 6) is -0.918. The van der Waals surface area contributed by atoms with Gasteiger partial charge in [0, 0.05) is 0 Å². The number of nitrogens with one attached hydrogen (secondary N) is 1. The van der Waals surface area contributed by atoms with Crippen LogP contribution in [-0.4, -0.2) is 16.1 Å². The van der Waals surface area contributed by atoms with Crippen molar-refractivity contribution in [2.24, 2.45) is 0 Å². The largest absolute Gasteiger partial charge is 0.477 e. The number of H-pyrrole nitrogens is 1. The first-order valence-electron chi connectivity index (χ1n) is 3.60. The number of hydrogen-bond donors (Lipinski definition) is 2. The van der Waals surface area contributed by atoms with Gasteiger partial charge in [0.15, 0.2) is 0 Å². The molecule has 2 rings (SSSR count). The molecule has 2 N–H and O–H groups in total. The standard InChI is InChI=1S/C8H6BrNO2S/c1-3-6-5(13-7(3)9)2-4(10-6)8(11)12/h2,10H,1H3,(H,11,12). The van der Waals surface area contributed by atoms with Crippen molar-refractivity contribution in [3.8, 4) is 0 Å². The first-order valence-corrected chi connectivity index (χ1v) is 5.21. The van der Waals surface area contributed by atoms with Crippen molar-refractivity contribution in [1.82, 2.24) is 4.98 Å². The van der Waals surface area contributed by atoms with Gasteiger partial charge in [-0.05, 0) is 34.5 Å². The van der Waals surface area contributed by atoms with Crippen LogP contribution in [0.5, 0.6) is 0 Å². The van der Waals surface area contributed by atoms with Gasteiger partial charge in [0.25, 0.3) is 0 Å². The maximum absolute atomic E-state index is 10.6. The number of thiophene rings is 1. The van der Waals surface area contributed by atoms with Crippen LogP contribution in [0.15, 0.2) is 9.85 Å². The lowest BCUT2D eigenvalue weighted by molar-refractivity contribution is 0.0691. The predicted molar refractivity (Wildman–Crippen MR) is 55.6 cm³/mol. The molecule has 2 aromatic heterocycles. The van der Waals surface area contributed by atoms with Gasteiger partial charge >= 0.3 is 5.97 Å². The molecule has 0 aliphatic heterocycles. The Morgan fingerprint density at radius 2 is 2.38 bits per heavy atom. The maximum atomic E-state index is 10.6. The highest BCUT2D eigenvalue weighted by Gasteiger charge is 2.12. The molecular weight excluding hydrogens is 254 g/mol. The summed E-state index contributed by atoms with van der Waals surface area (Å²) < 4.78 is 2.02. The molecule has 0 fully saturated rings. The average Bonchev–Trinajstić information content (AvgIpc) is 2.55. The van der Waals surface area contributed by atoms with Crippen molar-refractivity contribution in [2.45, 2.75) is 6.92 Å². The van der Waals surface area contributed by atoms with Crippen molar-refractivity contribution in [2.75, 3.05) is 0 Å². The van der Waals surface area contributed by atoms with Crippen molar-refractivity contribution < 1.29 is 9.90 Å². The number of aryl methyl sites for hydroxylation is 1. The summed E-state index contributed by atoms with van der Waals surface area (Å²) in [7, 11) is 0. The van der Waals surface area contributed by atoms with Crippen LogP contribution < -0.4 is 0 Å². The fourth-order valence-corrected chi connectivity index (χ4v) is 2.83. The van der Waals surface area contributed by atoms with Crippen LogP contribution in [0.3, 0.4) is 0 Å². The van der Waals surface area contributed by atoms with Crippen LogP contribution in [0.1, 0.15) is 16.1 Å². The van der Waals surface area contributed by atoms with Gasteiger partial charge in [0.1, 0.15) is 5.69 Å². The molecule has 0 atom stereocenters. The Balaban J connectivity index is 2.72. The smallest absolute Gasteiger partial charge is 0.352 e. The van der Waals surface area contributed by atoms with Crippen LogP contribution in [0.4, 0.5) is 0 Å². The van der Waals surface area contributed by atoms with Crippen LogP contribution in [-0.2, 0) is 0 Å². The lowest BCUT2D eigenvalue weighted by Gasteiger charge is -1.87. The highest BCUT2D eigenvalue weighted by atomic mass is 79.9. The van der Waals surface area contributed by atoms with E-state index in [0.717, 1.165) is 19.6 Å². The number of rotatable bonds is 1. The van der Waals surface area contributed by atoms with Gasteiger partial charge in [-0.2, -0.15) is 0 Å². The summed E-state index contributed by atoms with van der Waals surface area (Å²) >= 11 is 4.94. The average molecular weight is 260 g/mol. The number of halogens is 1. The highest BCUT2D eigenvalue weighted by Crippen LogP contribution is 2.34. The number of hydrogen-bond acceptors (Lipinski definition) is 2. The zero-order valence-corrected chi connectivity index (χ0v) is 9.12. The molecule has 3 nitrogen and oxygen atoms in total. The zero-order chi connectivity index (χ0) is 9.59. The van der Waals surface area contributed by atoms with E-state index >= 15 is 0 Å². The second-order valence-electron chi connectivity index (χ2n) is 2.73. The predicted octanol–water partition coefficient (Wildman–Crippen LogP) is 3.00. The number of aromatic carboxylic acids is 1. The molecule has 13 heavy (non-hydrogen) atoms. The fraction of sp³-hybridized carbons (Fsp3) is 0.125. The number of fused-ring (bicyclic) bond motifs is 1. The Hall–Kier alpha value is -0.810. The van der Waals surface area contributed by atoms with Crippen LogP contribution in [0.25, 0.3) is 10.2 Å². The van der Waals surface area contributed by atoms with E-state index in [0.29, 0.717) is 0 Å². The number of aromatic nitrogens is 1.